The molecule has 0 aromatic heterocycles. The normalized spacial score (nSPS) is 26.5. The van der Waals surface area contributed by atoms with Crippen LogP contribution in [0.4, 0.5) is 5.69 Å². The molecule has 2 unspecified atom stereocenters. The van der Waals surface area contributed by atoms with Crippen molar-refractivity contribution in [2.75, 3.05) is 18.8 Å². The lowest BCUT2D eigenvalue weighted by Crippen LogP contribution is -2.49. The van der Waals surface area contributed by atoms with E-state index in [9.17, 15) is 4.79 Å². The van der Waals surface area contributed by atoms with Gasteiger partial charge < -0.3 is 10.5 Å². The maximum atomic E-state index is 10.6. The van der Waals surface area contributed by atoms with E-state index in [1.807, 2.05) is 6.07 Å². The summed E-state index contributed by atoms with van der Waals surface area (Å²) in [6.07, 6.45) is 6.57. The Bertz CT molecular complexity index is 472. The number of nitrogen functional groups attached to an aromatic ring is 1. The van der Waals surface area contributed by atoms with Crippen LogP contribution < -0.4 is 5.73 Å². The number of nitrogens with two attached hydrogens (primary N) is 1. The largest absolute Gasteiger partial charge is 0.399 e. The first-order valence-electron chi connectivity index (χ1n) is 7.33. The van der Waals surface area contributed by atoms with Crippen LogP contribution in [0.15, 0.2) is 18.2 Å². The van der Waals surface area contributed by atoms with Crippen LogP contribution in [-0.4, -0.2) is 30.3 Å². The Hall–Kier alpha value is -1.35. The van der Waals surface area contributed by atoms with Crippen molar-refractivity contribution in [3.05, 3.63) is 29.3 Å². The van der Waals surface area contributed by atoms with E-state index in [2.05, 4.69) is 17.0 Å². The smallest absolute Gasteiger partial charge is 0.121 e. The molecule has 0 bridgehead atoms. The third-order valence-electron chi connectivity index (χ3n) is 4.71. The van der Waals surface area contributed by atoms with E-state index in [4.69, 9.17) is 5.73 Å². The van der Waals surface area contributed by atoms with E-state index in [-0.39, 0.29) is 0 Å². The molecule has 2 N–H and O–H groups in total. The third-order valence-corrected chi connectivity index (χ3v) is 4.71. The molecule has 3 heteroatoms. The van der Waals surface area contributed by atoms with Crippen molar-refractivity contribution in [3.8, 4) is 0 Å². The molecule has 102 valence electrons. The zero-order chi connectivity index (χ0) is 13.2. The number of rotatable bonds is 3. The molecule has 1 aromatic rings. The van der Waals surface area contributed by atoms with E-state index in [0.29, 0.717) is 12.5 Å². The van der Waals surface area contributed by atoms with Gasteiger partial charge in [0.1, 0.15) is 6.29 Å². The van der Waals surface area contributed by atoms with E-state index < -0.39 is 0 Å². The van der Waals surface area contributed by atoms with E-state index in [1.165, 1.54) is 30.4 Å². The highest BCUT2D eigenvalue weighted by Gasteiger charge is 2.34. The first-order chi connectivity index (χ1) is 9.28. The third kappa shape index (κ3) is 2.52. The summed E-state index contributed by atoms with van der Waals surface area (Å²) in [5, 5.41) is 0. The topological polar surface area (TPSA) is 46.3 Å². The molecule has 19 heavy (non-hydrogen) atoms. The summed E-state index contributed by atoms with van der Waals surface area (Å²) in [5.74, 6) is 0.761. The fourth-order valence-electron chi connectivity index (χ4n) is 3.79. The van der Waals surface area contributed by atoms with E-state index in [0.717, 1.165) is 37.4 Å². The second kappa shape index (κ2) is 5.33. The lowest BCUT2D eigenvalue weighted by molar-refractivity contribution is -0.108. The number of benzene rings is 1. The van der Waals surface area contributed by atoms with Crippen LogP contribution in [-0.2, 0) is 17.6 Å². The van der Waals surface area contributed by atoms with Crippen LogP contribution in [0.2, 0.25) is 0 Å². The molecule has 0 saturated carbocycles. The van der Waals surface area contributed by atoms with Crippen LogP contribution >= 0.6 is 0 Å². The maximum absolute atomic E-state index is 10.6. The lowest BCUT2D eigenvalue weighted by Gasteiger charge is -2.44. The van der Waals surface area contributed by atoms with Gasteiger partial charge in [-0.1, -0.05) is 6.07 Å². The summed E-state index contributed by atoms with van der Waals surface area (Å²) < 4.78 is 0. The molecular weight excluding hydrogens is 236 g/mol. The number of piperidine rings is 1. The molecule has 3 nitrogen and oxygen atoms in total. The molecule has 1 saturated heterocycles. The number of hydrogen-bond acceptors (Lipinski definition) is 3. The van der Waals surface area contributed by atoms with Gasteiger partial charge in [0.2, 0.25) is 0 Å². The minimum atomic E-state index is 0.614. The van der Waals surface area contributed by atoms with Gasteiger partial charge in [0.05, 0.1) is 0 Å². The van der Waals surface area contributed by atoms with Gasteiger partial charge in [0, 0.05) is 24.7 Å². The average Bonchev–Trinajstić information content (AvgIpc) is 2.43. The monoisotopic (exact) mass is 258 g/mol. The van der Waals surface area contributed by atoms with Gasteiger partial charge in [-0.2, -0.15) is 0 Å². The number of fused-ring (bicyclic) bond motifs is 2. The number of aldehydes is 1. The first-order valence-corrected chi connectivity index (χ1v) is 7.33. The van der Waals surface area contributed by atoms with Gasteiger partial charge in [0.15, 0.2) is 0 Å². The quantitative estimate of drug-likeness (QED) is 0.666. The van der Waals surface area contributed by atoms with Gasteiger partial charge in [0.25, 0.3) is 0 Å². The summed E-state index contributed by atoms with van der Waals surface area (Å²) in [4.78, 5) is 13.1. The van der Waals surface area contributed by atoms with Gasteiger partial charge in [-0.05, 0) is 61.4 Å². The molecule has 0 amide bonds. The molecule has 1 heterocycles. The average molecular weight is 258 g/mol. The van der Waals surface area contributed by atoms with Crippen LogP contribution in [0.1, 0.15) is 30.4 Å². The molecule has 1 aromatic carbocycles. The molecule has 2 atom stereocenters. The summed E-state index contributed by atoms with van der Waals surface area (Å²) in [6.45, 7) is 2.06. The number of nitrogens with zero attached hydrogens (tertiary/aromatic N) is 1. The highest BCUT2D eigenvalue weighted by atomic mass is 16.1. The minimum absolute atomic E-state index is 0.614. The Kier molecular flexibility index (Phi) is 3.56. The summed E-state index contributed by atoms with van der Waals surface area (Å²) >= 11 is 0. The van der Waals surface area contributed by atoms with Crippen molar-refractivity contribution in [1.82, 2.24) is 4.90 Å². The molecule has 3 rings (SSSR count). The Morgan fingerprint density at radius 2 is 2.21 bits per heavy atom. The highest BCUT2D eigenvalue weighted by Crippen LogP contribution is 2.35. The number of likely N-dealkylation sites (tertiary alicyclic amines) is 1. The Morgan fingerprint density at radius 1 is 1.32 bits per heavy atom. The zero-order valence-corrected chi connectivity index (χ0v) is 11.3. The predicted molar refractivity (Wildman–Crippen MR) is 77.0 cm³/mol. The highest BCUT2D eigenvalue weighted by molar-refractivity contribution is 5.49. The second-order valence-electron chi connectivity index (χ2n) is 5.90. The summed E-state index contributed by atoms with van der Waals surface area (Å²) in [6, 6.07) is 6.97. The fraction of sp³-hybridized carbons (Fsp3) is 0.562. The van der Waals surface area contributed by atoms with Gasteiger partial charge >= 0.3 is 0 Å². The van der Waals surface area contributed by atoms with Crippen LogP contribution in [0.25, 0.3) is 0 Å². The van der Waals surface area contributed by atoms with Crippen molar-refractivity contribution in [2.45, 2.75) is 38.1 Å². The summed E-state index contributed by atoms with van der Waals surface area (Å²) in [5.41, 5.74) is 9.67. The first kappa shape index (κ1) is 12.7. The number of hydrogen-bond donors (Lipinski definition) is 1. The second-order valence-corrected chi connectivity index (χ2v) is 5.90. The zero-order valence-electron chi connectivity index (χ0n) is 11.3. The van der Waals surface area contributed by atoms with Crippen molar-refractivity contribution < 1.29 is 4.79 Å². The molecule has 1 fully saturated rings. The van der Waals surface area contributed by atoms with E-state index in [1.54, 1.807) is 0 Å². The molecule has 2 aliphatic rings. The minimum Gasteiger partial charge on any atom is -0.399 e. The molecule has 1 aliphatic heterocycles. The van der Waals surface area contributed by atoms with Gasteiger partial charge in [-0.15, -0.1) is 0 Å². The van der Waals surface area contributed by atoms with Gasteiger partial charge in [-0.25, -0.2) is 0 Å². The Morgan fingerprint density at radius 3 is 3.05 bits per heavy atom. The van der Waals surface area contributed by atoms with Gasteiger partial charge in [-0.3, -0.25) is 4.90 Å². The standard InChI is InChI=1S/C16H22N2O/c17-15-5-4-12-9-13-3-1-6-18(7-2-8-19)16(13)11-14(12)10-15/h4-5,8,10,13,16H,1-3,6-7,9,11,17H2. The Labute approximate surface area is 114 Å². The van der Waals surface area contributed by atoms with Crippen molar-refractivity contribution >= 4 is 12.0 Å². The van der Waals surface area contributed by atoms with Crippen LogP contribution in [0, 0.1) is 5.92 Å². The Balaban J connectivity index is 1.81. The van der Waals surface area contributed by atoms with Crippen LogP contribution in [0.3, 0.4) is 0 Å². The number of carbonyl (C=O) groups excluding carboxylic acids is 1. The summed E-state index contributed by atoms with van der Waals surface area (Å²) in [7, 11) is 0. The lowest BCUT2D eigenvalue weighted by atomic mass is 9.75. The molecule has 0 radical (unpaired) electrons. The van der Waals surface area contributed by atoms with E-state index >= 15 is 0 Å². The SMILES string of the molecule is Nc1ccc2c(c1)CC1C(CCCN1CCC=O)C2. The maximum Gasteiger partial charge on any atom is 0.121 e. The van der Waals surface area contributed by atoms with Crippen LogP contribution in [0.5, 0.6) is 0 Å². The van der Waals surface area contributed by atoms with Crippen molar-refractivity contribution in [1.29, 1.82) is 0 Å². The predicted octanol–water partition coefficient (Wildman–Crippen LogP) is 2.04. The molecular formula is C16H22N2O. The van der Waals surface area contributed by atoms with Crippen molar-refractivity contribution in [2.24, 2.45) is 5.92 Å². The number of carbonyl (C=O) groups is 1. The van der Waals surface area contributed by atoms with Crippen molar-refractivity contribution in [3.63, 3.8) is 0 Å². The molecule has 1 aliphatic carbocycles. The fourth-order valence-corrected chi connectivity index (χ4v) is 3.79. The number of anilines is 1. The molecule has 0 spiro atoms.